The molecule has 0 unspecified atom stereocenters. The molecule has 43 heavy (non-hydrogen) atoms. The van der Waals surface area contributed by atoms with Crippen LogP contribution < -0.4 is 10.4 Å². The first kappa shape index (κ1) is 29.7. The van der Waals surface area contributed by atoms with Crippen molar-refractivity contribution in [2.75, 3.05) is 18.7 Å². The molecular weight excluding hydrogens is 600 g/mol. The number of carbonyl (C=O) groups is 1. The van der Waals surface area contributed by atoms with Crippen LogP contribution in [0.2, 0.25) is 5.02 Å². The van der Waals surface area contributed by atoms with Crippen molar-refractivity contribution in [2.24, 2.45) is 0 Å². The fourth-order valence-corrected chi connectivity index (χ4v) is 7.46. The van der Waals surface area contributed by atoms with Crippen molar-refractivity contribution in [1.82, 2.24) is 15.4 Å². The van der Waals surface area contributed by atoms with Gasteiger partial charge in [-0.25, -0.2) is 20.2 Å². The van der Waals surface area contributed by atoms with Crippen molar-refractivity contribution in [3.05, 3.63) is 75.6 Å². The van der Waals surface area contributed by atoms with E-state index >= 15 is 0 Å². The molecule has 6 rings (SSSR count). The monoisotopic (exact) mass is 632 g/mol. The van der Waals surface area contributed by atoms with E-state index in [4.69, 9.17) is 31.0 Å². The maximum Gasteiger partial charge on any atom is 0.339 e. The number of carbonyl (C=O) groups excluding carboxylic acids is 1. The van der Waals surface area contributed by atoms with E-state index in [-0.39, 0.29) is 6.61 Å². The van der Waals surface area contributed by atoms with Gasteiger partial charge in [0.1, 0.15) is 0 Å². The number of anilines is 1. The average Bonchev–Trinajstić information content (AvgIpc) is 3.70. The minimum Gasteiger partial charge on any atom is -0.464 e. The first-order chi connectivity index (χ1) is 20.5. The summed E-state index contributed by atoms with van der Waals surface area (Å²) in [5.41, 5.74) is 11.5. The zero-order chi connectivity index (χ0) is 30.5. The number of thiazole rings is 2. The molecule has 0 saturated carbocycles. The van der Waals surface area contributed by atoms with Gasteiger partial charge in [-0.05, 0) is 81.6 Å². The van der Waals surface area contributed by atoms with Gasteiger partial charge < -0.3 is 14.5 Å². The summed E-state index contributed by atoms with van der Waals surface area (Å²) in [5.74, 6) is -0.417. The number of hydrogen-bond donors (Lipinski definition) is 1. The van der Waals surface area contributed by atoms with Crippen LogP contribution in [0.5, 0.6) is 0 Å². The average molecular weight is 633 g/mol. The lowest BCUT2D eigenvalue weighted by Gasteiger charge is -2.29. The number of rotatable bonds is 7. The summed E-state index contributed by atoms with van der Waals surface area (Å²) < 4.78 is 12.9. The highest BCUT2D eigenvalue weighted by Crippen LogP contribution is 2.45. The van der Waals surface area contributed by atoms with Gasteiger partial charge in [0.05, 0.1) is 33.8 Å². The highest BCUT2D eigenvalue weighted by molar-refractivity contribution is 7.25. The molecule has 7 nitrogen and oxygen atoms in total. The Bertz CT molecular complexity index is 1820. The maximum absolute atomic E-state index is 13.4. The Morgan fingerprint density at radius 1 is 1.09 bits per heavy atom. The lowest BCUT2D eigenvalue weighted by atomic mass is 9.91. The Balaban J connectivity index is 1.49. The van der Waals surface area contributed by atoms with E-state index in [2.05, 4.69) is 29.0 Å². The van der Waals surface area contributed by atoms with Crippen LogP contribution >= 0.6 is 34.3 Å². The zero-order valence-electron chi connectivity index (χ0n) is 24.9. The lowest BCUT2D eigenvalue weighted by Crippen LogP contribution is -2.29. The molecule has 0 saturated heterocycles. The van der Waals surface area contributed by atoms with Crippen LogP contribution in [0.1, 0.15) is 50.5 Å². The highest BCUT2D eigenvalue weighted by Gasteiger charge is 2.33. The number of ether oxygens (including phenoxy) is 2. The predicted octanol–water partition coefficient (Wildman–Crippen LogP) is 8.59. The van der Waals surface area contributed by atoms with Gasteiger partial charge in [0.15, 0.2) is 16.1 Å². The fraction of sp³-hybridized carbons (Fsp3) is 0.303. The van der Waals surface area contributed by atoms with E-state index in [9.17, 15) is 4.79 Å². The summed E-state index contributed by atoms with van der Waals surface area (Å²) in [6.45, 7) is 10.7. The molecular formula is C33H33ClN4O3S2. The van der Waals surface area contributed by atoms with Gasteiger partial charge in [0.2, 0.25) is 0 Å². The zero-order valence-corrected chi connectivity index (χ0v) is 27.3. The summed E-state index contributed by atoms with van der Waals surface area (Å²) >= 11 is 9.43. The second-order valence-corrected chi connectivity index (χ2v) is 13.8. The minimum atomic E-state index is -0.916. The molecule has 0 fully saturated rings. The Morgan fingerprint density at radius 3 is 2.56 bits per heavy atom. The molecule has 1 N–H and O–H groups in total. The molecule has 0 aliphatic carbocycles. The SMILES string of the molecule is CCOC(=O)[C@@H](OC(C)(C)C)c1c(C)cc2nc(-c3nc(-c4ccc5c(c4)CNN5C)cs3)sc2c1-c1ccc(Cl)cc1. The lowest BCUT2D eigenvalue weighted by molar-refractivity contribution is -0.166. The molecule has 222 valence electrons. The molecule has 1 aliphatic heterocycles. The van der Waals surface area contributed by atoms with Crippen LogP contribution in [0, 0.1) is 6.92 Å². The standard InChI is InChI=1S/C33H33ClN4O3S2/c1-7-40-32(39)28(41-33(3,4)5)26-18(2)14-23-29(27(26)19-8-11-22(34)12-9-19)43-31(36-23)30-37-24(17-42-30)20-10-13-25-21(15-20)16-35-38(25)6/h8-15,17,28,35H,7,16H2,1-6H3/t28-/m0/s1. The minimum absolute atomic E-state index is 0.259. The molecule has 5 aromatic rings. The number of aromatic nitrogens is 2. The normalized spacial score (nSPS) is 13.9. The molecule has 1 atom stereocenters. The largest absolute Gasteiger partial charge is 0.464 e. The van der Waals surface area contributed by atoms with Gasteiger partial charge in [-0.1, -0.05) is 29.8 Å². The van der Waals surface area contributed by atoms with Crippen LogP contribution in [-0.2, 0) is 20.8 Å². The van der Waals surface area contributed by atoms with Gasteiger partial charge in [-0.3, -0.25) is 0 Å². The topological polar surface area (TPSA) is 76.6 Å². The van der Waals surface area contributed by atoms with Crippen LogP contribution in [0.15, 0.2) is 53.9 Å². The number of nitrogens with zero attached hydrogens (tertiary/aromatic N) is 3. The first-order valence-electron chi connectivity index (χ1n) is 14.1. The molecule has 2 aromatic heterocycles. The summed E-state index contributed by atoms with van der Waals surface area (Å²) in [6.07, 6.45) is -0.916. The third kappa shape index (κ3) is 5.92. The molecule has 1 aliphatic rings. The maximum atomic E-state index is 13.4. The van der Waals surface area contributed by atoms with E-state index < -0.39 is 17.7 Å². The van der Waals surface area contributed by atoms with Crippen LogP contribution in [0.3, 0.4) is 0 Å². The van der Waals surface area contributed by atoms with Crippen molar-refractivity contribution >= 4 is 56.1 Å². The number of benzene rings is 3. The number of hydrazine groups is 1. The number of nitrogens with one attached hydrogen (secondary N) is 1. The summed E-state index contributed by atoms with van der Waals surface area (Å²) in [7, 11) is 2.02. The molecule has 3 aromatic carbocycles. The number of aryl methyl sites for hydroxylation is 1. The van der Waals surface area contributed by atoms with E-state index in [0.717, 1.165) is 60.3 Å². The van der Waals surface area contributed by atoms with Crippen molar-refractivity contribution in [1.29, 1.82) is 0 Å². The third-order valence-electron chi connectivity index (χ3n) is 7.23. The van der Waals surface area contributed by atoms with E-state index in [1.165, 1.54) is 11.3 Å². The Morgan fingerprint density at radius 2 is 1.84 bits per heavy atom. The van der Waals surface area contributed by atoms with E-state index in [0.29, 0.717) is 5.02 Å². The van der Waals surface area contributed by atoms with E-state index in [1.807, 2.05) is 70.1 Å². The predicted molar refractivity (Wildman–Crippen MR) is 177 cm³/mol. The first-order valence-corrected chi connectivity index (χ1v) is 16.2. The van der Waals surface area contributed by atoms with Crippen LogP contribution in [0.25, 0.3) is 42.6 Å². The molecule has 0 bridgehead atoms. The third-order valence-corrected chi connectivity index (χ3v) is 9.55. The van der Waals surface area contributed by atoms with Crippen molar-refractivity contribution in [2.45, 2.75) is 52.9 Å². The number of fused-ring (bicyclic) bond motifs is 2. The summed E-state index contributed by atoms with van der Waals surface area (Å²) in [4.78, 5) is 23.5. The summed E-state index contributed by atoms with van der Waals surface area (Å²) in [5, 5.41) is 6.43. The van der Waals surface area contributed by atoms with Gasteiger partial charge in [0, 0.05) is 40.7 Å². The quantitative estimate of drug-likeness (QED) is 0.180. The molecule has 0 spiro atoms. The molecule has 0 radical (unpaired) electrons. The Kier molecular flexibility index (Phi) is 8.04. The summed E-state index contributed by atoms with van der Waals surface area (Å²) in [6, 6.07) is 16.1. The van der Waals surface area contributed by atoms with Crippen molar-refractivity contribution in [3.8, 4) is 32.4 Å². The number of esters is 1. The fourth-order valence-electron chi connectivity index (χ4n) is 5.35. The van der Waals surface area contributed by atoms with Gasteiger partial charge in [-0.15, -0.1) is 22.7 Å². The second-order valence-electron chi connectivity index (χ2n) is 11.5. The van der Waals surface area contributed by atoms with Gasteiger partial charge >= 0.3 is 5.97 Å². The highest BCUT2D eigenvalue weighted by atomic mass is 35.5. The van der Waals surface area contributed by atoms with Crippen LogP contribution in [-0.4, -0.2) is 35.2 Å². The van der Waals surface area contributed by atoms with Gasteiger partial charge in [-0.2, -0.15) is 0 Å². The smallest absolute Gasteiger partial charge is 0.339 e. The molecule has 3 heterocycles. The molecule has 10 heteroatoms. The number of hydrogen-bond acceptors (Lipinski definition) is 9. The molecule has 0 amide bonds. The van der Waals surface area contributed by atoms with Gasteiger partial charge in [0.25, 0.3) is 0 Å². The Hall–Kier alpha value is -3.34. The van der Waals surface area contributed by atoms with Crippen molar-refractivity contribution in [3.63, 3.8) is 0 Å². The Labute approximate surface area is 264 Å². The van der Waals surface area contributed by atoms with Crippen LogP contribution in [0.4, 0.5) is 5.69 Å². The number of halogens is 1. The second kappa shape index (κ2) is 11.6. The van der Waals surface area contributed by atoms with E-state index in [1.54, 1.807) is 29.6 Å². The van der Waals surface area contributed by atoms with Crippen molar-refractivity contribution < 1.29 is 14.3 Å².